The largest absolute Gasteiger partial charge is 0.465 e. The van der Waals surface area contributed by atoms with Crippen molar-refractivity contribution < 1.29 is 24.2 Å². The van der Waals surface area contributed by atoms with Gasteiger partial charge in [-0.1, -0.05) is 30.3 Å². The summed E-state index contributed by atoms with van der Waals surface area (Å²) in [5.41, 5.74) is 1.04. The molecule has 0 saturated carbocycles. The number of carbonyl (C=O) groups is 3. The summed E-state index contributed by atoms with van der Waals surface area (Å²) < 4.78 is 5.41. The standard InChI is InChI=1S/C20H27N3O5/c1-28-17(13-14-7-3-2-4-8-14)21-18(24)15-9-5-11-22(15)19(25)16-10-6-12-23(16)20(26)27/h2-4,7-8,15-17H,5-6,9-13H2,1H3,(H,21,24)(H,26,27)/t15-,16?,17?/m0/s1. The maximum absolute atomic E-state index is 12.9. The fourth-order valence-corrected chi connectivity index (χ4v) is 4.02. The minimum Gasteiger partial charge on any atom is -0.465 e. The van der Waals surface area contributed by atoms with E-state index in [1.807, 2.05) is 30.3 Å². The highest BCUT2D eigenvalue weighted by molar-refractivity contribution is 5.92. The molecule has 8 heteroatoms. The van der Waals surface area contributed by atoms with Crippen LogP contribution >= 0.6 is 0 Å². The number of amides is 3. The number of methoxy groups -OCH3 is 1. The van der Waals surface area contributed by atoms with Gasteiger partial charge >= 0.3 is 6.09 Å². The molecule has 28 heavy (non-hydrogen) atoms. The molecule has 2 fully saturated rings. The van der Waals surface area contributed by atoms with Gasteiger partial charge in [-0.3, -0.25) is 14.5 Å². The molecule has 3 atom stereocenters. The molecule has 0 radical (unpaired) electrons. The zero-order valence-electron chi connectivity index (χ0n) is 16.0. The highest BCUT2D eigenvalue weighted by Gasteiger charge is 2.42. The van der Waals surface area contributed by atoms with Crippen LogP contribution in [-0.2, 0) is 20.7 Å². The van der Waals surface area contributed by atoms with Crippen molar-refractivity contribution in [3.63, 3.8) is 0 Å². The van der Waals surface area contributed by atoms with E-state index in [1.54, 1.807) is 0 Å². The second kappa shape index (κ2) is 9.05. The van der Waals surface area contributed by atoms with Crippen LogP contribution in [0.3, 0.4) is 0 Å². The van der Waals surface area contributed by atoms with Crippen molar-refractivity contribution in [3.05, 3.63) is 35.9 Å². The Balaban J connectivity index is 1.63. The lowest BCUT2D eigenvalue weighted by Gasteiger charge is -2.30. The summed E-state index contributed by atoms with van der Waals surface area (Å²) >= 11 is 0. The van der Waals surface area contributed by atoms with Gasteiger partial charge in [-0.2, -0.15) is 0 Å². The Morgan fingerprint density at radius 2 is 1.75 bits per heavy atom. The van der Waals surface area contributed by atoms with E-state index in [0.717, 1.165) is 12.0 Å². The molecule has 0 bridgehead atoms. The van der Waals surface area contributed by atoms with Crippen LogP contribution in [0.15, 0.2) is 30.3 Å². The number of hydrogen-bond acceptors (Lipinski definition) is 4. The molecule has 152 valence electrons. The lowest BCUT2D eigenvalue weighted by molar-refractivity contribution is -0.142. The molecule has 2 saturated heterocycles. The highest BCUT2D eigenvalue weighted by atomic mass is 16.5. The Labute approximate surface area is 164 Å². The summed E-state index contributed by atoms with van der Waals surface area (Å²) in [6.07, 6.45) is 1.41. The van der Waals surface area contributed by atoms with E-state index in [0.29, 0.717) is 38.8 Å². The van der Waals surface area contributed by atoms with Crippen LogP contribution in [0.2, 0.25) is 0 Å². The minimum absolute atomic E-state index is 0.256. The van der Waals surface area contributed by atoms with Gasteiger partial charge in [0.15, 0.2) is 0 Å². The van der Waals surface area contributed by atoms with E-state index in [9.17, 15) is 19.5 Å². The summed E-state index contributed by atoms with van der Waals surface area (Å²) in [7, 11) is 1.54. The highest BCUT2D eigenvalue weighted by Crippen LogP contribution is 2.25. The first kappa shape index (κ1) is 20.1. The summed E-state index contributed by atoms with van der Waals surface area (Å²) in [5, 5.41) is 12.2. The van der Waals surface area contributed by atoms with Crippen molar-refractivity contribution >= 4 is 17.9 Å². The molecule has 2 heterocycles. The quantitative estimate of drug-likeness (QED) is 0.718. The van der Waals surface area contributed by atoms with Crippen molar-refractivity contribution in [1.29, 1.82) is 0 Å². The third kappa shape index (κ3) is 4.44. The van der Waals surface area contributed by atoms with E-state index in [4.69, 9.17) is 4.74 Å². The monoisotopic (exact) mass is 389 g/mol. The molecule has 2 aliphatic heterocycles. The predicted molar refractivity (Wildman–Crippen MR) is 102 cm³/mol. The molecule has 1 aromatic carbocycles. The number of nitrogens with one attached hydrogen (secondary N) is 1. The second-order valence-corrected chi connectivity index (χ2v) is 7.25. The van der Waals surface area contributed by atoms with Crippen LogP contribution in [-0.4, -0.2) is 71.3 Å². The molecule has 3 amide bonds. The van der Waals surface area contributed by atoms with Gasteiger partial charge in [0.25, 0.3) is 0 Å². The van der Waals surface area contributed by atoms with E-state index in [-0.39, 0.29) is 11.8 Å². The maximum Gasteiger partial charge on any atom is 0.407 e. The smallest absolute Gasteiger partial charge is 0.407 e. The maximum atomic E-state index is 12.9. The first-order valence-corrected chi connectivity index (χ1v) is 9.68. The molecule has 2 N–H and O–H groups in total. The fourth-order valence-electron chi connectivity index (χ4n) is 4.02. The van der Waals surface area contributed by atoms with E-state index in [1.165, 1.54) is 16.9 Å². The van der Waals surface area contributed by atoms with E-state index >= 15 is 0 Å². The number of rotatable bonds is 6. The Bertz CT molecular complexity index is 711. The molecule has 3 rings (SSSR count). The minimum atomic E-state index is -1.08. The number of hydrogen-bond donors (Lipinski definition) is 2. The number of carboxylic acid groups (broad SMARTS) is 1. The van der Waals surface area contributed by atoms with Crippen molar-refractivity contribution in [1.82, 2.24) is 15.1 Å². The van der Waals surface area contributed by atoms with Crippen molar-refractivity contribution in [2.24, 2.45) is 0 Å². The first-order valence-electron chi connectivity index (χ1n) is 9.68. The van der Waals surface area contributed by atoms with Crippen molar-refractivity contribution in [2.45, 2.75) is 50.4 Å². The molecule has 0 spiro atoms. The second-order valence-electron chi connectivity index (χ2n) is 7.25. The third-order valence-electron chi connectivity index (χ3n) is 5.47. The van der Waals surface area contributed by atoms with Crippen LogP contribution in [0, 0.1) is 0 Å². The van der Waals surface area contributed by atoms with Gasteiger partial charge < -0.3 is 20.1 Å². The van der Waals surface area contributed by atoms with Gasteiger partial charge in [0.1, 0.15) is 18.3 Å². The van der Waals surface area contributed by atoms with Gasteiger partial charge in [0, 0.05) is 26.6 Å². The lowest BCUT2D eigenvalue weighted by Crippen LogP contribution is -2.54. The zero-order valence-corrected chi connectivity index (χ0v) is 16.0. The summed E-state index contributed by atoms with van der Waals surface area (Å²) in [4.78, 5) is 39.9. The van der Waals surface area contributed by atoms with Gasteiger partial charge in [0.05, 0.1) is 0 Å². The summed E-state index contributed by atoms with van der Waals surface area (Å²) in [6, 6.07) is 8.43. The Morgan fingerprint density at radius 3 is 2.39 bits per heavy atom. The molecule has 2 unspecified atom stereocenters. The van der Waals surface area contributed by atoms with Crippen molar-refractivity contribution in [2.75, 3.05) is 20.2 Å². The lowest BCUT2D eigenvalue weighted by atomic mass is 10.1. The molecule has 0 aliphatic carbocycles. The van der Waals surface area contributed by atoms with Gasteiger partial charge in [-0.05, 0) is 31.2 Å². The first-order chi connectivity index (χ1) is 13.5. The summed E-state index contributed by atoms with van der Waals surface area (Å²) in [5.74, 6) is -0.525. The SMILES string of the molecule is COC(Cc1ccccc1)NC(=O)[C@@H]1CCCN1C(=O)C1CCCN1C(=O)O. The number of ether oxygens (including phenoxy) is 1. The van der Waals surface area contributed by atoms with Crippen LogP contribution in [0.5, 0.6) is 0 Å². The molecular formula is C20H27N3O5. The zero-order chi connectivity index (χ0) is 20.1. The average molecular weight is 389 g/mol. The number of likely N-dealkylation sites (tertiary alicyclic amines) is 2. The topological polar surface area (TPSA) is 99.2 Å². The number of nitrogens with zero attached hydrogens (tertiary/aromatic N) is 2. The Morgan fingerprint density at radius 1 is 1.11 bits per heavy atom. The summed E-state index contributed by atoms with van der Waals surface area (Å²) in [6.45, 7) is 0.830. The Kier molecular flexibility index (Phi) is 6.51. The van der Waals surface area contributed by atoms with Gasteiger partial charge in [-0.25, -0.2) is 4.79 Å². The Hall–Kier alpha value is -2.61. The molecular weight excluding hydrogens is 362 g/mol. The number of carbonyl (C=O) groups excluding carboxylic acids is 2. The molecule has 8 nitrogen and oxygen atoms in total. The fraction of sp³-hybridized carbons (Fsp3) is 0.550. The van der Waals surface area contributed by atoms with Gasteiger partial charge in [-0.15, -0.1) is 0 Å². The van der Waals surface area contributed by atoms with Crippen LogP contribution in [0.4, 0.5) is 4.79 Å². The van der Waals surface area contributed by atoms with E-state index in [2.05, 4.69) is 5.32 Å². The van der Waals surface area contributed by atoms with E-state index < -0.39 is 24.4 Å². The third-order valence-corrected chi connectivity index (χ3v) is 5.47. The normalized spacial score (nSPS) is 22.9. The molecule has 0 aromatic heterocycles. The van der Waals surface area contributed by atoms with Crippen molar-refractivity contribution in [3.8, 4) is 0 Å². The van der Waals surface area contributed by atoms with Crippen LogP contribution in [0.25, 0.3) is 0 Å². The van der Waals surface area contributed by atoms with Gasteiger partial charge in [0.2, 0.25) is 11.8 Å². The number of benzene rings is 1. The molecule has 2 aliphatic rings. The average Bonchev–Trinajstić information content (AvgIpc) is 3.37. The van der Waals surface area contributed by atoms with Crippen LogP contribution in [0.1, 0.15) is 31.2 Å². The predicted octanol–water partition coefficient (Wildman–Crippen LogP) is 1.45. The van der Waals surface area contributed by atoms with Crippen LogP contribution < -0.4 is 5.32 Å². The molecule has 1 aromatic rings.